The molecule has 3 aromatic rings. The molecule has 0 aliphatic carbocycles. The van der Waals surface area contributed by atoms with Crippen LogP contribution in [0, 0.1) is 0 Å². The summed E-state index contributed by atoms with van der Waals surface area (Å²) >= 11 is 0. The first-order chi connectivity index (χ1) is 16.7. The maximum Gasteiger partial charge on any atom is 0.371 e. The molecule has 2 aromatic carbocycles. The third-order valence-electron chi connectivity index (χ3n) is 4.28. The fourth-order valence-corrected chi connectivity index (χ4v) is 2.60. The maximum absolute atomic E-state index is 10.2. The van der Waals surface area contributed by atoms with Crippen LogP contribution < -0.4 is 9.47 Å². The highest BCUT2D eigenvalue weighted by Crippen LogP contribution is 2.27. The fourth-order valence-electron chi connectivity index (χ4n) is 2.60. The number of phenols is 2. The average molecular weight is 485 g/mol. The van der Waals surface area contributed by atoms with Crippen LogP contribution in [-0.2, 0) is 12.8 Å². The quantitative estimate of drug-likeness (QED) is 0.327. The molecule has 35 heavy (non-hydrogen) atoms. The summed E-state index contributed by atoms with van der Waals surface area (Å²) in [5, 5.41) is 35.1. The van der Waals surface area contributed by atoms with E-state index in [1.807, 2.05) is 24.3 Å². The van der Waals surface area contributed by atoms with E-state index >= 15 is 0 Å². The monoisotopic (exact) mass is 484 g/mol. The molecule has 4 N–H and O–H groups in total. The molecule has 0 saturated carbocycles. The molecule has 0 bridgehead atoms. The zero-order valence-electron chi connectivity index (χ0n) is 19.4. The first-order valence-electron chi connectivity index (χ1n) is 10.2. The molecule has 0 aliphatic heterocycles. The van der Waals surface area contributed by atoms with Crippen LogP contribution >= 0.6 is 0 Å². The van der Waals surface area contributed by atoms with E-state index in [9.17, 15) is 19.8 Å². The first-order valence-corrected chi connectivity index (χ1v) is 10.2. The van der Waals surface area contributed by atoms with E-state index in [1.54, 1.807) is 24.3 Å². The lowest BCUT2D eigenvalue weighted by atomic mass is 10.1. The normalized spacial score (nSPS) is 9.43. The fraction of sp³-hybridized carbons (Fsp3) is 0.154. The van der Waals surface area contributed by atoms with Gasteiger partial charge in [-0.2, -0.15) is 0 Å². The molecule has 1 aromatic heterocycles. The molecular formula is C26H28O9. The van der Waals surface area contributed by atoms with E-state index in [2.05, 4.69) is 17.6 Å². The van der Waals surface area contributed by atoms with Gasteiger partial charge in [0.05, 0.1) is 14.2 Å². The number of hydrogen-bond donors (Lipinski definition) is 4. The summed E-state index contributed by atoms with van der Waals surface area (Å²) in [6.07, 6.45) is 5.20. The molecular weight excluding hydrogens is 456 g/mol. The maximum atomic E-state index is 10.2. The standard InChI is InChI=1S/2C10H12O2.C6H4O5/c2*1-3-4-8-5-6-9(11)10(7-8)12-2;7-5(8)3-1-2-4(11-3)6(9)10/h2*3,5-7,11H,1,4H2,2H3;1-2H,(H,7,8)(H,9,10). The number of aromatic hydroxyl groups is 2. The number of ether oxygens (including phenoxy) is 2. The lowest BCUT2D eigenvalue weighted by Gasteiger charge is -2.04. The van der Waals surface area contributed by atoms with Crippen LogP contribution in [0.15, 0.2) is 78.3 Å². The molecule has 9 nitrogen and oxygen atoms in total. The van der Waals surface area contributed by atoms with Gasteiger partial charge >= 0.3 is 11.9 Å². The highest BCUT2D eigenvalue weighted by atomic mass is 16.5. The Balaban J connectivity index is 0.000000263. The van der Waals surface area contributed by atoms with Crippen LogP contribution in [0.5, 0.6) is 23.0 Å². The number of allylic oxidation sites excluding steroid dienone is 2. The number of methoxy groups -OCH3 is 2. The predicted molar refractivity (Wildman–Crippen MR) is 130 cm³/mol. The number of carboxylic acid groups (broad SMARTS) is 2. The zero-order valence-corrected chi connectivity index (χ0v) is 19.4. The van der Waals surface area contributed by atoms with Gasteiger partial charge in [0, 0.05) is 0 Å². The van der Waals surface area contributed by atoms with Crippen molar-refractivity contribution in [3.63, 3.8) is 0 Å². The summed E-state index contributed by atoms with van der Waals surface area (Å²) in [4.78, 5) is 20.3. The van der Waals surface area contributed by atoms with E-state index in [1.165, 1.54) is 14.2 Å². The average Bonchev–Trinajstić information content (AvgIpc) is 3.34. The summed E-state index contributed by atoms with van der Waals surface area (Å²) < 4.78 is 14.3. The van der Waals surface area contributed by atoms with Crippen molar-refractivity contribution in [1.82, 2.24) is 0 Å². The van der Waals surface area contributed by atoms with Gasteiger partial charge < -0.3 is 34.3 Å². The second-order valence-electron chi connectivity index (χ2n) is 6.77. The largest absolute Gasteiger partial charge is 0.504 e. The number of carbonyl (C=O) groups is 2. The molecule has 0 fully saturated rings. The van der Waals surface area contributed by atoms with Gasteiger partial charge in [-0.05, 0) is 60.4 Å². The van der Waals surface area contributed by atoms with Gasteiger partial charge in [0.1, 0.15) is 0 Å². The van der Waals surface area contributed by atoms with Crippen molar-refractivity contribution in [2.75, 3.05) is 14.2 Å². The van der Waals surface area contributed by atoms with Crippen molar-refractivity contribution in [2.45, 2.75) is 12.8 Å². The number of rotatable bonds is 8. The predicted octanol–water partition coefficient (Wildman–Crippen LogP) is 4.93. The summed E-state index contributed by atoms with van der Waals surface area (Å²) in [5.41, 5.74) is 2.17. The second kappa shape index (κ2) is 14.5. The minimum Gasteiger partial charge on any atom is -0.504 e. The molecule has 3 rings (SSSR count). The number of benzene rings is 2. The van der Waals surface area contributed by atoms with E-state index in [0.717, 1.165) is 36.1 Å². The van der Waals surface area contributed by atoms with Gasteiger partial charge in [-0.25, -0.2) is 9.59 Å². The molecule has 9 heteroatoms. The Labute approximate surface area is 202 Å². The summed E-state index contributed by atoms with van der Waals surface area (Å²) in [6, 6.07) is 12.7. The lowest BCUT2D eigenvalue weighted by molar-refractivity contribution is 0.0631. The van der Waals surface area contributed by atoms with Crippen molar-refractivity contribution in [3.8, 4) is 23.0 Å². The second-order valence-corrected chi connectivity index (χ2v) is 6.77. The van der Waals surface area contributed by atoms with Crippen molar-refractivity contribution in [3.05, 3.63) is 96.5 Å². The Bertz CT molecular complexity index is 1060. The van der Waals surface area contributed by atoms with Gasteiger partial charge in [0.15, 0.2) is 23.0 Å². The van der Waals surface area contributed by atoms with Crippen molar-refractivity contribution < 1.29 is 43.9 Å². The molecule has 0 radical (unpaired) electrons. The molecule has 186 valence electrons. The van der Waals surface area contributed by atoms with Crippen LogP contribution in [0.25, 0.3) is 0 Å². The van der Waals surface area contributed by atoms with Crippen LogP contribution in [0.2, 0.25) is 0 Å². The van der Waals surface area contributed by atoms with E-state index in [0.29, 0.717) is 11.5 Å². The molecule has 1 heterocycles. The van der Waals surface area contributed by atoms with Crippen LogP contribution in [-0.4, -0.2) is 46.6 Å². The number of carboxylic acids is 2. The van der Waals surface area contributed by atoms with Crippen molar-refractivity contribution in [1.29, 1.82) is 0 Å². The van der Waals surface area contributed by atoms with Crippen LogP contribution in [0.3, 0.4) is 0 Å². The third-order valence-corrected chi connectivity index (χ3v) is 4.28. The van der Waals surface area contributed by atoms with Crippen LogP contribution in [0.1, 0.15) is 32.2 Å². The van der Waals surface area contributed by atoms with E-state index in [4.69, 9.17) is 19.7 Å². The summed E-state index contributed by atoms with van der Waals surface area (Å²) in [7, 11) is 3.07. The Hall–Kier alpha value is -4.66. The minimum absolute atomic E-state index is 0.172. The summed E-state index contributed by atoms with van der Waals surface area (Å²) in [6.45, 7) is 7.26. The topological polar surface area (TPSA) is 147 Å². The smallest absolute Gasteiger partial charge is 0.371 e. The SMILES string of the molecule is C=CCc1ccc(O)c(OC)c1.C=CCc1ccc(O)c(OC)c1.O=C(O)c1ccc(C(=O)O)o1. The van der Waals surface area contributed by atoms with E-state index in [-0.39, 0.29) is 23.0 Å². The highest BCUT2D eigenvalue weighted by Gasteiger charge is 2.12. The molecule has 0 atom stereocenters. The molecule has 0 saturated heterocycles. The Morgan fingerprint density at radius 2 is 1.14 bits per heavy atom. The molecule has 0 aliphatic rings. The number of phenolic OH excluding ortho intramolecular Hbond substituents is 2. The van der Waals surface area contributed by atoms with Gasteiger partial charge in [-0.1, -0.05) is 24.3 Å². The Morgan fingerprint density at radius 1 is 0.771 bits per heavy atom. The van der Waals surface area contributed by atoms with Crippen molar-refractivity contribution >= 4 is 11.9 Å². The zero-order chi connectivity index (χ0) is 26.4. The van der Waals surface area contributed by atoms with Gasteiger partial charge in [-0.3, -0.25) is 0 Å². The molecule has 0 amide bonds. The lowest BCUT2D eigenvalue weighted by Crippen LogP contribution is -1.94. The molecule has 0 unspecified atom stereocenters. The Morgan fingerprint density at radius 3 is 1.40 bits per heavy atom. The number of hydrogen-bond acceptors (Lipinski definition) is 7. The van der Waals surface area contributed by atoms with Gasteiger partial charge in [0.2, 0.25) is 11.5 Å². The molecule has 0 spiro atoms. The minimum atomic E-state index is -1.28. The van der Waals surface area contributed by atoms with Crippen LogP contribution in [0.4, 0.5) is 0 Å². The number of aromatic carboxylic acids is 2. The Kier molecular flexibility index (Phi) is 11.7. The third kappa shape index (κ3) is 9.39. The summed E-state index contributed by atoms with van der Waals surface area (Å²) in [5.74, 6) is -1.95. The number of furan rings is 1. The first kappa shape index (κ1) is 28.4. The van der Waals surface area contributed by atoms with E-state index < -0.39 is 11.9 Å². The van der Waals surface area contributed by atoms with Crippen molar-refractivity contribution in [2.24, 2.45) is 0 Å². The van der Waals surface area contributed by atoms with Gasteiger partial charge in [0.25, 0.3) is 0 Å². The highest BCUT2D eigenvalue weighted by molar-refractivity contribution is 5.88. The van der Waals surface area contributed by atoms with Gasteiger partial charge in [-0.15, -0.1) is 13.2 Å².